The van der Waals surface area contributed by atoms with Gasteiger partial charge in [-0.1, -0.05) is 12.1 Å². The Balaban J connectivity index is 1.54. The van der Waals surface area contributed by atoms with Crippen molar-refractivity contribution in [3.8, 4) is 5.75 Å². The van der Waals surface area contributed by atoms with Crippen LogP contribution < -0.4 is 20.7 Å². The predicted octanol–water partition coefficient (Wildman–Crippen LogP) is 3.19. The first-order chi connectivity index (χ1) is 14.5. The number of hydrogen-bond donors (Lipinski definition) is 3. The van der Waals surface area contributed by atoms with Gasteiger partial charge in [0.15, 0.2) is 6.61 Å². The highest BCUT2D eigenvalue weighted by Gasteiger charge is 2.13. The molecular weight excluding hydrogens is 386 g/mol. The zero-order chi connectivity index (χ0) is 21.3. The first-order valence-corrected chi connectivity index (χ1v) is 9.21. The van der Waals surface area contributed by atoms with E-state index < -0.39 is 5.91 Å². The Morgan fingerprint density at radius 3 is 2.40 bits per heavy atom. The van der Waals surface area contributed by atoms with E-state index in [1.807, 2.05) is 0 Å². The lowest BCUT2D eigenvalue weighted by Gasteiger charge is -2.12. The number of furan rings is 1. The SMILES string of the molecule is CC(=O)Nc1ccc(OCC(=O)Nc2ccccc2C(=O)NCc2ccco2)cc1. The predicted molar refractivity (Wildman–Crippen MR) is 111 cm³/mol. The molecule has 3 amide bonds. The summed E-state index contributed by atoms with van der Waals surface area (Å²) in [6.07, 6.45) is 1.53. The van der Waals surface area contributed by atoms with Crippen LogP contribution in [0.2, 0.25) is 0 Å². The molecule has 3 aromatic rings. The molecule has 0 spiro atoms. The van der Waals surface area contributed by atoms with Crippen molar-refractivity contribution in [2.24, 2.45) is 0 Å². The van der Waals surface area contributed by atoms with Gasteiger partial charge in [-0.3, -0.25) is 14.4 Å². The van der Waals surface area contributed by atoms with Gasteiger partial charge in [0.2, 0.25) is 5.91 Å². The van der Waals surface area contributed by atoms with Crippen molar-refractivity contribution in [1.29, 1.82) is 0 Å². The minimum atomic E-state index is -0.410. The van der Waals surface area contributed by atoms with E-state index in [1.54, 1.807) is 60.7 Å². The molecule has 0 saturated carbocycles. The van der Waals surface area contributed by atoms with Gasteiger partial charge in [-0.25, -0.2) is 0 Å². The van der Waals surface area contributed by atoms with Crippen molar-refractivity contribution < 1.29 is 23.5 Å². The fraction of sp³-hybridized carbons (Fsp3) is 0.136. The largest absolute Gasteiger partial charge is 0.484 e. The quantitative estimate of drug-likeness (QED) is 0.531. The lowest BCUT2D eigenvalue weighted by Crippen LogP contribution is -2.26. The van der Waals surface area contributed by atoms with E-state index in [-0.39, 0.29) is 25.0 Å². The molecule has 8 nitrogen and oxygen atoms in total. The van der Waals surface area contributed by atoms with Crippen LogP contribution in [0.1, 0.15) is 23.0 Å². The van der Waals surface area contributed by atoms with Crippen molar-refractivity contribution in [3.05, 3.63) is 78.3 Å². The van der Waals surface area contributed by atoms with Crippen LogP contribution in [-0.4, -0.2) is 24.3 Å². The molecule has 0 radical (unpaired) electrons. The molecular formula is C22H21N3O5. The Labute approximate surface area is 173 Å². The van der Waals surface area contributed by atoms with Crippen LogP contribution in [0.15, 0.2) is 71.3 Å². The fourth-order valence-electron chi connectivity index (χ4n) is 2.64. The van der Waals surface area contributed by atoms with Crippen molar-refractivity contribution in [2.45, 2.75) is 13.5 Å². The maximum Gasteiger partial charge on any atom is 0.262 e. The Morgan fingerprint density at radius 1 is 0.933 bits per heavy atom. The number of carbonyl (C=O) groups excluding carboxylic acids is 3. The lowest BCUT2D eigenvalue weighted by molar-refractivity contribution is -0.118. The fourth-order valence-corrected chi connectivity index (χ4v) is 2.64. The zero-order valence-electron chi connectivity index (χ0n) is 16.3. The highest BCUT2D eigenvalue weighted by molar-refractivity contribution is 6.04. The second-order valence-electron chi connectivity index (χ2n) is 6.35. The molecule has 0 saturated heterocycles. The van der Waals surface area contributed by atoms with Crippen molar-refractivity contribution in [3.63, 3.8) is 0 Å². The molecule has 0 atom stereocenters. The monoisotopic (exact) mass is 407 g/mol. The molecule has 0 fully saturated rings. The van der Waals surface area contributed by atoms with E-state index in [0.29, 0.717) is 28.4 Å². The van der Waals surface area contributed by atoms with Gasteiger partial charge in [-0.2, -0.15) is 0 Å². The van der Waals surface area contributed by atoms with Crippen molar-refractivity contribution in [1.82, 2.24) is 5.32 Å². The number of hydrogen-bond acceptors (Lipinski definition) is 5. The molecule has 8 heteroatoms. The van der Waals surface area contributed by atoms with Gasteiger partial charge in [-0.15, -0.1) is 0 Å². The van der Waals surface area contributed by atoms with Crippen LogP contribution in [-0.2, 0) is 16.1 Å². The van der Waals surface area contributed by atoms with E-state index in [4.69, 9.17) is 9.15 Å². The molecule has 1 aromatic heterocycles. The van der Waals surface area contributed by atoms with Crippen LogP contribution in [0.3, 0.4) is 0 Å². The second-order valence-corrected chi connectivity index (χ2v) is 6.35. The number of anilines is 2. The molecule has 3 N–H and O–H groups in total. The van der Waals surface area contributed by atoms with Crippen LogP contribution in [0, 0.1) is 0 Å². The first-order valence-electron chi connectivity index (χ1n) is 9.21. The minimum absolute atomic E-state index is 0.171. The Bertz CT molecular complexity index is 1010. The van der Waals surface area contributed by atoms with Gasteiger partial charge in [-0.05, 0) is 48.5 Å². The van der Waals surface area contributed by atoms with Crippen LogP contribution in [0.5, 0.6) is 5.75 Å². The van der Waals surface area contributed by atoms with E-state index in [2.05, 4.69) is 16.0 Å². The van der Waals surface area contributed by atoms with Gasteiger partial charge in [0.05, 0.1) is 24.1 Å². The number of para-hydroxylation sites is 1. The molecule has 1 heterocycles. The summed E-state index contributed by atoms with van der Waals surface area (Å²) in [7, 11) is 0. The Hall–Kier alpha value is -4.07. The standard InChI is InChI=1S/C22H21N3O5/c1-15(26)24-16-8-10-17(11-9-16)30-14-21(27)25-20-7-3-2-6-19(20)22(28)23-13-18-5-4-12-29-18/h2-12H,13-14H2,1H3,(H,23,28)(H,24,26)(H,25,27). The normalized spacial score (nSPS) is 10.2. The average Bonchev–Trinajstić information content (AvgIpc) is 3.25. The van der Waals surface area contributed by atoms with E-state index in [9.17, 15) is 14.4 Å². The van der Waals surface area contributed by atoms with E-state index in [0.717, 1.165) is 0 Å². The average molecular weight is 407 g/mol. The number of carbonyl (C=O) groups is 3. The van der Waals surface area contributed by atoms with Crippen molar-refractivity contribution in [2.75, 3.05) is 17.2 Å². The number of amides is 3. The highest BCUT2D eigenvalue weighted by atomic mass is 16.5. The summed E-state index contributed by atoms with van der Waals surface area (Å²) >= 11 is 0. The summed E-state index contributed by atoms with van der Waals surface area (Å²) in [6.45, 7) is 1.43. The number of nitrogens with one attached hydrogen (secondary N) is 3. The Morgan fingerprint density at radius 2 is 1.70 bits per heavy atom. The van der Waals surface area contributed by atoms with Crippen LogP contribution in [0.25, 0.3) is 0 Å². The third-order valence-electron chi connectivity index (χ3n) is 3.99. The van der Waals surface area contributed by atoms with E-state index >= 15 is 0 Å². The molecule has 0 aliphatic carbocycles. The molecule has 2 aromatic carbocycles. The van der Waals surface area contributed by atoms with E-state index in [1.165, 1.54) is 13.2 Å². The summed E-state index contributed by atoms with van der Waals surface area (Å²) < 4.78 is 10.7. The van der Waals surface area contributed by atoms with Gasteiger partial charge in [0, 0.05) is 12.6 Å². The summed E-state index contributed by atoms with van der Waals surface area (Å²) in [6, 6.07) is 16.8. The molecule has 30 heavy (non-hydrogen) atoms. The summed E-state index contributed by atoms with van der Waals surface area (Å²) in [5.74, 6) is 0.186. The van der Waals surface area contributed by atoms with Crippen LogP contribution in [0.4, 0.5) is 11.4 Å². The molecule has 0 unspecified atom stereocenters. The minimum Gasteiger partial charge on any atom is -0.484 e. The number of rotatable bonds is 8. The van der Waals surface area contributed by atoms with Crippen LogP contribution >= 0.6 is 0 Å². The molecule has 0 aliphatic rings. The summed E-state index contributed by atoms with van der Waals surface area (Å²) in [5, 5.41) is 8.08. The topological polar surface area (TPSA) is 110 Å². The maximum atomic E-state index is 12.5. The van der Waals surface area contributed by atoms with Gasteiger partial charge < -0.3 is 25.1 Å². The third kappa shape index (κ3) is 5.96. The molecule has 0 aliphatic heterocycles. The van der Waals surface area contributed by atoms with Crippen molar-refractivity contribution >= 4 is 29.1 Å². The zero-order valence-corrected chi connectivity index (χ0v) is 16.3. The summed E-state index contributed by atoms with van der Waals surface area (Å²) in [4.78, 5) is 35.8. The summed E-state index contributed by atoms with van der Waals surface area (Å²) in [5.41, 5.74) is 1.34. The first kappa shape index (κ1) is 20.7. The highest BCUT2D eigenvalue weighted by Crippen LogP contribution is 2.17. The Kier molecular flexibility index (Phi) is 6.83. The molecule has 0 bridgehead atoms. The third-order valence-corrected chi connectivity index (χ3v) is 3.99. The second kappa shape index (κ2) is 9.92. The smallest absolute Gasteiger partial charge is 0.262 e. The maximum absolute atomic E-state index is 12.5. The number of ether oxygens (including phenoxy) is 1. The van der Waals surface area contributed by atoms with Gasteiger partial charge >= 0.3 is 0 Å². The van der Waals surface area contributed by atoms with Gasteiger partial charge in [0.25, 0.3) is 11.8 Å². The molecule has 3 rings (SSSR count). The number of benzene rings is 2. The van der Waals surface area contributed by atoms with Gasteiger partial charge in [0.1, 0.15) is 11.5 Å². The lowest BCUT2D eigenvalue weighted by atomic mass is 10.1. The molecule has 154 valence electrons.